The van der Waals surface area contributed by atoms with Gasteiger partial charge in [-0.05, 0) is 40.5 Å². The zero-order valence-corrected chi connectivity index (χ0v) is 13.1. The summed E-state index contributed by atoms with van der Waals surface area (Å²) in [5.74, 6) is -0.653. The molecule has 1 aromatic rings. The lowest BCUT2D eigenvalue weighted by Gasteiger charge is -2.21. The maximum Gasteiger partial charge on any atom is 0.325 e. The van der Waals surface area contributed by atoms with Crippen molar-refractivity contribution >= 4 is 39.4 Å². The summed E-state index contributed by atoms with van der Waals surface area (Å²) in [6.45, 7) is 2.38. The molecule has 4 nitrogen and oxygen atoms in total. The Balaban J connectivity index is 2.91. The van der Waals surface area contributed by atoms with Crippen molar-refractivity contribution in [3.63, 3.8) is 0 Å². The fourth-order valence-electron chi connectivity index (χ4n) is 1.55. The molecule has 0 N–H and O–H groups in total. The van der Waals surface area contributed by atoms with Crippen molar-refractivity contribution in [2.75, 3.05) is 20.2 Å². The number of carbonyl (C=O) groups excluding carboxylic acids is 2. The van der Waals surface area contributed by atoms with Crippen LogP contribution in [0.25, 0.3) is 0 Å². The van der Waals surface area contributed by atoms with E-state index < -0.39 is 5.97 Å². The summed E-state index contributed by atoms with van der Waals surface area (Å²) in [5, 5.41) is 0.534. The first kappa shape index (κ1) is 16.0. The van der Waals surface area contributed by atoms with Gasteiger partial charge in [-0.2, -0.15) is 0 Å². The second-order valence-corrected chi connectivity index (χ2v) is 5.19. The number of methoxy groups -OCH3 is 1. The molecule has 0 saturated carbocycles. The van der Waals surface area contributed by atoms with Crippen LogP contribution in [0.1, 0.15) is 23.7 Å². The number of nitrogens with zero attached hydrogens (tertiary/aromatic N) is 1. The van der Waals surface area contributed by atoms with Crippen LogP contribution >= 0.6 is 27.5 Å². The van der Waals surface area contributed by atoms with E-state index >= 15 is 0 Å². The minimum atomic E-state index is -0.435. The van der Waals surface area contributed by atoms with Crippen LogP contribution in [-0.4, -0.2) is 37.0 Å². The standard InChI is InChI=1S/C13H15BrClNO3/c1-3-6-16(8-12(17)19-2)13(18)9-4-5-11(15)10(14)7-9/h4-5,7H,3,6,8H2,1-2H3. The van der Waals surface area contributed by atoms with E-state index in [1.165, 1.54) is 12.0 Å². The molecule has 0 fully saturated rings. The first-order chi connectivity index (χ1) is 8.99. The molecule has 0 unspecified atom stereocenters. The largest absolute Gasteiger partial charge is 0.468 e. The number of rotatable bonds is 5. The molecular weight excluding hydrogens is 334 g/mol. The highest BCUT2D eigenvalue weighted by molar-refractivity contribution is 9.10. The smallest absolute Gasteiger partial charge is 0.325 e. The van der Waals surface area contributed by atoms with E-state index in [1.807, 2.05) is 6.92 Å². The molecular formula is C13H15BrClNO3. The van der Waals surface area contributed by atoms with Crippen molar-refractivity contribution in [3.8, 4) is 0 Å². The van der Waals surface area contributed by atoms with Crippen LogP contribution in [0.3, 0.4) is 0 Å². The quantitative estimate of drug-likeness (QED) is 0.768. The van der Waals surface area contributed by atoms with E-state index in [-0.39, 0.29) is 12.5 Å². The third-order valence-corrected chi connectivity index (χ3v) is 3.71. The molecule has 0 aromatic heterocycles. The van der Waals surface area contributed by atoms with E-state index in [2.05, 4.69) is 20.7 Å². The van der Waals surface area contributed by atoms with Gasteiger partial charge in [0.25, 0.3) is 5.91 Å². The maximum atomic E-state index is 12.3. The molecule has 0 heterocycles. The first-order valence-electron chi connectivity index (χ1n) is 5.80. The third-order valence-electron chi connectivity index (χ3n) is 2.49. The zero-order chi connectivity index (χ0) is 14.4. The van der Waals surface area contributed by atoms with Crippen molar-refractivity contribution in [2.45, 2.75) is 13.3 Å². The van der Waals surface area contributed by atoms with E-state index in [1.54, 1.807) is 18.2 Å². The van der Waals surface area contributed by atoms with E-state index in [0.29, 0.717) is 21.6 Å². The van der Waals surface area contributed by atoms with Gasteiger partial charge in [-0.25, -0.2) is 0 Å². The van der Waals surface area contributed by atoms with Crippen molar-refractivity contribution < 1.29 is 14.3 Å². The van der Waals surface area contributed by atoms with E-state index in [9.17, 15) is 9.59 Å². The van der Waals surface area contributed by atoms with Gasteiger partial charge >= 0.3 is 5.97 Å². The van der Waals surface area contributed by atoms with Gasteiger partial charge in [0.05, 0.1) is 12.1 Å². The topological polar surface area (TPSA) is 46.6 Å². The van der Waals surface area contributed by atoms with Gasteiger partial charge in [-0.3, -0.25) is 9.59 Å². The number of esters is 1. The Kier molecular flexibility index (Phi) is 6.31. The molecule has 19 heavy (non-hydrogen) atoms. The lowest BCUT2D eigenvalue weighted by molar-refractivity contribution is -0.141. The highest BCUT2D eigenvalue weighted by atomic mass is 79.9. The number of ether oxygens (including phenoxy) is 1. The monoisotopic (exact) mass is 347 g/mol. The number of benzene rings is 1. The van der Waals surface area contributed by atoms with Crippen LogP contribution in [0.4, 0.5) is 0 Å². The van der Waals surface area contributed by atoms with Crippen LogP contribution in [0.5, 0.6) is 0 Å². The minimum absolute atomic E-state index is 0.0522. The van der Waals surface area contributed by atoms with Crippen LogP contribution in [0, 0.1) is 0 Å². The lowest BCUT2D eigenvalue weighted by atomic mass is 10.2. The summed E-state index contributed by atoms with van der Waals surface area (Å²) in [5.41, 5.74) is 0.480. The fraction of sp³-hybridized carbons (Fsp3) is 0.385. The highest BCUT2D eigenvalue weighted by Gasteiger charge is 2.19. The lowest BCUT2D eigenvalue weighted by Crippen LogP contribution is -2.36. The van der Waals surface area contributed by atoms with E-state index in [4.69, 9.17) is 11.6 Å². The van der Waals surface area contributed by atoms with Gasteiger partial charge in [0, 0.05) is 16.6 Å². The number of amides is 1. The molecule has 6 heteroatoms. The predicted octanol–water partition coefficient (Wildman–Crippen LogP) is 3.13. The number of hydrogen-bond acceptors (Lipinski definition) is 3. The van der Waals surface area contributed by atoms with Gasteiger partial charge in [-0.15, -0.1) is 0 Å². The predicted molar refractivity (Wildman–Crippen MR) is 77.4 cm³/mol. The summed E-state index contributed by atoms with van der Waals surface area (Å²) in [6, 6.07) is 4.92. The average molecular weight is 349 g/mol. The van der Waals surface area contributed by atoms with Gasteiger partial charge in [-0.1, -0.05) is 18.5 Å². The molecule has 0 aliphatic heterocycles. The van der Waals surface area contributed by atoms with Gasteiger partial charge < -0.3 is 9.64 Å². The van der Waals surface area contributed by atoms with Crippen molar-refractivity contribution in [2.24, 2.45) is 0 Å². The van der Waals surface area contributed by atoms with Crippen LogP contribution in [0.15, 0.2) is 22.7 Å². The second-order valence-electron chi connectivity index (χ2n) is 3.93. The molecule has 0 saturated heterocycles. The Bertz CT molecular complexity index is 479. The summed E-state index contributed by atoms with van der Waals surface area (Å²) in [4.78, 5) is 25.1. The molecule has 0 bridgehead atoms. The highest BCUT2D eigenvalue weighted by Crippen LogP contribution is 2.23. The van der Waals surface area contributed by atoms with Crippen LogP contribution in [-0.2, 0) is 9.53 Å². The Labute approximate surface area is 125 Å². The Morgan fingerprint density at radius 3 is 2.63 bits per heavy atom. The molecule has 0 atom stereocenters. The third kappa shape index (κ3) is 4.51. The van der Waals surface area contributed by atoms with Gasteiger partial charge in [0.15, 0.2) is 0 Å². The fourth-order valence-corrected chi connectivity index (χ4v) is 2.05. The Hall–Kier alpha value is -1.07. The second kappa shape index (κ2) is 7.50. The molecule has 1 rings (SSSR count). The number of carbonyl (C=O) groups is 2. The summed E-state index contributed by atoms with van der Waals surface area (Å²) in [7, 11) is 1.30. The van der Waals surface area contributed by atoms with Crippen molar-refractivity contribution in [1.29, 1.82) is 0 Å². The SMILES string of the molecule is CCCN(CC(=O)OC)C(=O)c1ccc(Cl)c(Br)c1. The summed E-state index contributed by atoms with van der Waals surface area (Å²) in [6.07, 6.45) is 0.761. The normalized spacial score (nSPS) is 10.1. The van der Waals surface area contributed by atoms with Crippen LogP contribution < -0.4 is 0 Å². The molecule has 0 spiro atoms. The zero-order valence-electron chi connectivity index (χ0n) is 10.8. The first-order valence-corrected chi connectivity index (χ1v) is 6.97. The number of hydrogen-bond donors (Lipinski definition) is 0. The molecule has 1 aromatic carbocycles. The summed E-state index contributed by atoms with van der Waals surface area (Å²) < 4.78 is 5.24. The molecule has 104 valence electrons. The molecule has 0 aliphatic rings. The van der Waals surface area contributed by atoms with Crippen LogP contribution in [0.2, 0.25) is 5.02 Å². The summed E-state index contributed by atoms with van der Waals surface area (Å²) >= 11 is 9.16. The van der Waals surface area contributed by atoms with E-state index in [0.717, 1.165) is 6.42 Å². The van der Waals surface area contributed by atoms with Crippen molar-refractivity contribution in [1.82, 2.24) is 4.90 Å². The average Bonchev–Trinajstić information content (AvgIpc) is 2.40. The molecule has 0 radical (unpaired) electrons. The number of halogens is 2. The maximum absolute atomic E-state index is 12.3. The Morgan fingerprint density at radius 1 is 1.42 bits per heavy atom. The van der Waals surface area contributed by atoms with Crippen molar-refractivity contribution in [3.05, 3.63) is 33.3 Å². The Morgan fingerprint density at radius 2 is 2.11 bits per heavy atom. The molecule has 0 aliphatic carbocycles. The minimum Gasteiger partial charge on any atom is -0.468 e. The van der Waals surface area contributed by atoms with Gasteiger partial charge in [0.1, 0.15) is 6.54 Å². The molecule has 1 amide bonds. The van der Waals surface area contributed by atoms with Gasteiger partial charge in [0.2, 0.25) is 0 Å².